The van der Waals surface area contributed by atoms with E-state index in [0.717, 1.165) is 32.6 Å². The molecule has 1 fully saturated rings. The Morgan fingerprint density at radius 3 is 2.88 bits per heavy atom. The quantitative estimate of drug-likeness (QED) is 0.753. The Bertz CT molecular complexity index is 645. The van der Waals surface area contributed by atoms with Gasteiger partial charge in [0, 0.05) is 19.6 Å². The molecular formula is C18H26N6O. The maximum atomic E-state index is 12.8. The van der Waals surface area contributed by atoms with Crippen LogP contribution in [0.1, 0.15) is 18.4 Å². The summed E-state index contributed by atoms with van der Waals surface area (Å²) in [5, 5.41) is 11.0. The topological polar surface area (TPSA) is 67.2 Å². The highest BCUT2D eigenvalue weighted by atomic mass is 16.2. The van der Waals surface area contributed by atoms with E-state index in [1.54, 1.807) is 0 Å². The first-order chi connectivity index (χ1) is 12.2. The fourth-order valence-electron chi connectivity index (χ4n) is 3.45. The van der Waals surface area contributed by atoms with Crippen LogP contribution in [0.3, 0.4) is 0 Å². The molecule has 1 aromatic heterocycles. The van der Waals surface area contributed by atoms with E-state index in [2.05, 4.69) is 39.6 Å². The summed E-state index contributed by atoms with van der Waals surface area (Å²) in [5.41, 5.74) is 1.25. The van der Waals surface area contributed by atoms with Gasteiger partial charge in [0.1, 0.15) is 12.9 Å². The summed E-state index contributed by atoms with van der Waals surface area (Å²) in [4.78, 5) is 17.1. The molecule has 1 aliphatic heterocycles. The molecule has 2 aromatic rings. The number of carbonyl (C=O) groups is 1. The van der Waals surface area contributed by atoms with Crippen LogP contribution < -0.4 is 0 Å². The van der Waals surface area contributed by atoms with Crippen molar-refractivity contribution in [3.63, 3.8) is 0 Å². The minimum absolute atomic E-state index is 0.0801. The largest absolute Gasteiger partial charge is 0.340 e. The molecule has 1 unspecified atom stereocenters. The highest BCUT2D eigenvalue weighted by Gasteiger charge is 2.23. The van der Waals surface area contributed by atoms with E-state index >= 15 is 0 Å². The van der Waals surface area contributed by atoms with Crippen LogP contribution in [0, 0.1) is 5.92 Å². The van der Waals surface area contributed by atoms with Crippen molar-refractivity contribution in [2.24, 2.45) is 5.92 Å². The molecule has 0 aliphatic carbocycles. The number of tetrazole rings is 1. The summed E-state index contributed by atoms with van der Waals surface area (Å²) in [6.07, 6.45) is 4.74. The fourth-order valence-corrected chi connectivity index (χ4v) is 3.45. The van der Waals surface area contributed by atoms with Crippen molar-refractivity contribution in [1.29, 1.82) is 0 Å². The van der Waals surface area contributed by atoms with Crippen molar-refractivity contribution >= 4 is 5.91 Å². The van der Waals surface area contributed by atoms with Crippen LogP contribution in [-0.4, -0.2) is 69.1 Å². The van der Waals surface area contributed by atoms with Crippen molar-refractivity contribution in [3.05, 3.63) is 42.2 Å². The van der Waals surface area contributed by atoms with Gasteiger partial charge in [-0.3, -0.25) is 4.79 Å². The lowest BCUT2D eigenvalue weighted by Gasteiger charge is -2.34. The average molecular weight is 342 g/mol. The summed E-state index contributed by atoms with van der Waals surface area (Å²) in [6.45, 7) is 3.94. The molecule has 2 heterocycles. The molecule has 1 aromatic carbocycles. The smallest absolute Gasteiger partial charge is 0.244 e. The van der Waals surface area contributed by atoms with Gasteiger partial charge in [0.05, 0.1) is 0 Å². The van der Waals surface area contributed by atoms with E-state index in [1.807, 2.05) is 23.1 Å². The summed E-state index contributed by atoms with van der Waals surface area (Å²) >= 11 is 0. The molecule has 0 saturated carbocycles. The molecule has 25 heavy (non-hydrogen) atoms. The van der Waals surface area contributed by atoms with Gasteiger partial charge in [0.2, 0.25) is 5.91 Å². The van der Waals surface area contributed by atoms with Gasteiger partial charge in [-0.25, -0.2) is 4.68 Å². The van der Waals surface area contributed by atoms with E-state index in [0.29, 0.717) is 5.92 Å². The highest BCUT2D eigenvalue weighted by Crippen LogP contribution is 2.17. The van der Waals surface area contributed by atoms with Crippen LogP contribution in [0.5, 0.6) is 0 Å². The van der Waals surface area contributed by atoms with Gasteiger partial charge in [-0.2, -0.15) is 0 Å². The van der Waals surface area contributed by atoms with E-state index in [9.17, 15) is 4.79 Å². The maximum absolute atomic E-state index is 12.8. The minimum atomic E-state index is 0.0801. The third-order valence-electron chi connectivity index (χ3n) is 4.76. The molecule has 1 saturated heterocycles. The Morgan fingerprint density at radius 1 is 1.32 bits per heavy atom. The predicted molar refractivity (Wildman–Crippen MR) is 94.8 cm³/mol. The van der Waals surface area contributed by atoms with Gasteiger partial charge in [-0.1, -0.05) is 30.3 Å². The minimum Gasteiger partial charge on any atom is -0.340 e. The Hall–Kier alpha value is -2.28. The molecule has 1 aliphatic rings. The molecule has 3 rings (SSSR count). The number of nitrogens with zero attached hydrogens (tertiary/aromatic N) is 6. The molecular weight excluding hydrogens is 316 g/mol. The Labute approximate surface area is 148 Å². The number of benzene rings is 1. The van der Waals surface area contributed by atoms with E-state index in [4.69, 9.17) is 0 Å². The number of hydrogen-bond acceptors (Lipinski definition) is 5. The zero-order valence-electron chi connectivity index (χ0n) is 14.8. The molecule has 0 N–H and O–H groups in total. The SMILES string of the molecule is CN1CCCC(CN(CCc2ccccc2)C(=O)Cn2cnnn2)C1. The fraction of sp³-hybridized carbons (Fsp3) is 0.556. The number of piperidine rings is 1. The second-order valence-electron chi connectivity index (χ2n) is 6.85. The van der Waals surface area contributed by atoms with Crippen LogP contribution in [0.25, 0.3) is 0 Å². The molecule has 1 amide bonds. The summed E-state index contributed by atoms with van der Waals surface area (Å²) in [5.74, 6) is 0.615. The number of hydrogen-bond donors (Lipinski definition) is 0. The molecule has 0 spiro atoms. The summed E-state index contributed by atoms with van der Waals surface area (Å²) in [7, 11) is 2.16. The third-order valence-corrected chi connectivity index (χ3v) is 4.76. The zero-order chi connectivity index (χ0) is 17.5. The van der Waals surface area contributed by atoms with Crippen LogP contribution in [-0.2, 0) is 17.8 Å². The maximum Gasteiger partial charge on any atom is 0.244 e. The van der Waals surface area contributed by atoms with Gasteiger partial charge in [-0.15, -0.1) is 5.10 Å². The van der Waals surface area contributed by atoms with Crippen LogP contribution in [0.4, 0.5) is 0 Å². The van der Waals surface area contributed by atoms with E-state index in [-0.39, 0.29) is 12.5 Å². The second kappa shape index (κ2) is 8.71. The molecule has 1 atom stereocenters. The van der Waals surface area contributed by atoms with Gasteiger partial charge in [0.25, 0.3) is 0 Å². The molecule has 134 valence electrons. The van der Waals surface area contributed by atoms with Crippen molar-refractivity contribution < 1.29 is 4.79 Å². The van der Waals surface area contributed by atoms with E-state index in [1.165, 1.54) is 29.4 Å². The third kappa shape index (κ3) is 5.35. The number of aromatic nitrogens is 4. The lowest BCUT2D eigenvalue weighted by molar-refractivity contribution is -0.133. The Balaban J connectivity index is 1.62. The van der Waals surface area contributed by atoms with Gasteiger partial charge in [-0.05, 0) is 54.8 Å². The van der Waals surface area contributed by atoms with Crippen LogP contribution in [0.15, 0.2) is 36.7 Å². The van der Waals surface area contributed by atoms with Gasteiger partial charge < -0.3 is 9.80 Å². The van der Waals surface area contributed by atoms with Crippen molar-refractivity contribution in [1.82, 2.24) is 30.0 Å². The first-order valence-corrected chi connectivity index (χ1v) is 8.92. The number of carbonyl (C=O) groups excluding carboxylic acids is 1. The normalized spacial score (nSPS) is 18.2. The summed E-state index contributed by atoms with van der Waals surface area (Å²) < 4.78 is 1.49. The first-order valence-electron chi connectivity index (χ1n) is 8.92. The number of amides is 1. The van der Waals surface area contributed by atoms with Crippen molar-refractivity contribution in [2.75, 3.05) is 33.2 Å². The molecule has 0 radical (unpaired) electrons. The number of rotatable bonds is 7. The zero-order valence-corrected chi connectivity index (χ0v) is 14.8. The Morgan fingerprint density at radius 2 is 2.16 bits per heavy atom. The lowest BCUT2D eigenvalue weighted by atomic mass is 9.97. The standard InChI is InChI=1S/C18H26N6O/c1-22-10-5-8-17(12-22)13-23(11-9-16-6-3-2-4-7-16)18(25)14-24-15-19-20-21-24/h2-4,6-7,15,17H,5,8-14H2,1H3. The first kappa shape index (κ1) is 17.5. The van der Waals surface area contributed by atoms with Crippen molar-refractivity contribution in [2.45, 2.75) is 25.8 Å². The summed E-state index contributed by atoms with van der Waals surface area (Å²) in [6, 6.07) is 10.3. The number of likely N-dealkylation sites (tertiary alicyclic amines) is 1. The van der Waals surface area contributed by atoms with Gasteiger partial charge >= 0.3 is 0 Å². The molecule has 7 nitrogen and oxygen atoms in total. The second-order valence-corrected chi connectivity index (χ2v) is 6.85. The predicted octanol–water partition coefficient (Wildman–Crippen LogP) is 1.09. The van der Waals surface area contributed by atoms with Crippen molar-refractivity contribution in [3.8, 4) is 0 Å². The highest BCUT2D eigenvalue weighted by molar-refractivity contribution is 5.75. The molecule has 0 bridgehead atoms. The van der Waals surface area contributed by atoms with Gasteiger partial charge in [0.15, 0.2) is 0 Å². The van der Waals surface area contributed by atoms with Crippen LogP contribution >= 0.6 is 0 Å². The Kier molecular flexibility index (Phi) is 6.11. The lowest BCUT2D eigenvalue weighted by Crippen LogP contribution is -2.43. The van der Waals surface area contributed by atoms with Crippen LogP contribution in [0.2, 0.25) is 0 Å². The average Bonchev–Trinajstić information content (AvgIpc) is 3.12. The van der Waals surface area contributed by atoms with E-state index < -0.39 is 0 Å². The molecule has 7 heteroatoms. The monoisotopic (exact) mass is 342 g/mol.